The van der Waals surface area contributed by atoms with Crippen LogP contribution in [-0.4, -0.2) is 24.2 Å². The molecule has 108 valence electrons. The highest BCUT2D eigenvalue weighted by molar-refractivity contribution is 5.95. The first-order chi connectivity index (χ1) is 9.66. The van der Waals surface area contributed by atoms with Gasteiger partial charge in [-0.25, -0.2) is 0 Å². The second kappa shape index (κ2) is 5.54. The molecule has 1 aromatic carbocycles. The second-order valence-corrected chi connectivity index (χ2v) is 6.05. The van der Waals surface area contributed by atoms with Gasteiger partial charge in [-0.15, -0.1) is 0 Å². The van der Waals surface area contributed by atoms with Crippen LogP contribution in [0.4, 0.5) is 5.69 Å². The van der Waals surface area contributed by atoms with Gasteiger partial charge in [0.2, 0.25) is 0 Å². The summed E-state index contributed by atoms with van der Waals surface area (Å²) < 4.78 is 5.86. The number of para-hydroxylation sites is 1. The van der Waals surface area contributed by atoms with Gasteiger partial charge in [0.05, 0.1) is 6.61 Å². The molecule has 1 unspecified atom stereocenters. The van der Waals surface area contributed by atoms with E-state index in [0.717, 1.165) is 31.4 Å². The van der Waals surface area contributed by atoms with Crippen LogP contribution in [-0.2, 0) is 16.0 Å². The van der Waals surface area contributed by atoms with Crippen molar-refractivity contribution in [1.29, 1.82) is 0 Å². The van der Waals surface area contributed by atoms with Crippen molar-refractivity contribution >= 4 is 11.6 Å². The van der Waals surface area contributed by atoms with Gasteiger partial charge in [-0.3, -0.25) is 4.79 Å². The molecular formula is C16H22N2O2. The third-order valence-corrected chi connectivity index (χ3v) is 4.41. The highest BCUT2D eigenvalue weighted by Crippen LogP contribution is 2.29. The van der Waals surface area contributed by atoms with Gasteiger partial charge in [0.1, 0.15) is 6.10 Å². The van der Waals surface area contributed by atoms with E-state index in [4.69, 9.17) is 10.5 Å². The minimum absolute atomic E-state index is 0.0449. The molecule has 1 heterocycles. The Bertz CT molecular complexity index is 495. The number of fused-ring (bicyclic) bond motifs is 1. The number of rotatable bonds is 3. The number of nitrogens with two attached hydrogens (primary N) is 1. The number of benzene rings is 1. The molecule has 3 rings (SSSR count). The Kier molecular flexibility index (Phi) is 3.76. The van der Waals surface area contributed by atoms with E-state index in [0.29, 0.717) is 6.61 Å². The molecule has 1 saturated carbocycles. The van der Waals surface area contributed by atoms with Gasteiger partial charge in [0.25, 0.3) is 5.91 Å². The number of ether oxygens (including phenoxy) is 1. The van der Waals surface area contributed by atoms with Crippen molar-refractivity contribution in [3.8, 4) is 0 Å². The number of hydrogen-bond donors (Lipinski definition) is 2. The summed E-state index contributed by atoms with van der Waals surface area (Å²) in [6, 6.07) is 7.93. The van der Waals surface area contributed by atoms with E-state index < -0.39 is 0 Å². The molecule has 1 aliphatic carbocycles. The minimum Gasteiger partial charge on any atom is -0.366 e. The largest absolute Gasteiger partial charge is 0.366 e. The maximum Gasteiger partial charge on any atom is 0.253 e. The molecule has 4 nitrogen and oxygen atoms in total. The molecule has 1 aliphatic heterocycles. The number of carbonyl (C=O) groups is 1. The summed E-state index contributed by atoms with van der Waals surface area (Å²) in [6.07, 6.45) is 5.53. The number of hydrogen-bond acceptors (Lipinski definition) is 3. The van der Waals surface area contributed by atoms with Crippen molar-refractivity contribution in [3.63, 3.8) is 0 Å². The fourth-order valence-electron chi connectivity index (χ4n) is 3.14. The predicted octanol–water partition coefficient (Wildman–Crippen LogP) is 2.23. The molecule has 2 aliphatic rings. The lowest BCUT2D eigenvalue weighted by Gasteiger charge is -2.25. The summed E-state index contributed by atoms with van der Waals surface area (Å²) in [5.74, 6) is -0.0449. The van der Waals surface area contributed by atoms with Crippen LogP contribution in [0.3, 0.4) is 0 Å². The second-order valence-electron chi connectivity index (χ2n) is 6.05. The van der Waals surface area contributed by atoms with Crippen molar-refractivity contribution in [2.24, 2.45) is 5.73 Å². The van der Waals surface area contributed by atoms with Gasteiger partial charge in [-0.1, -0.05) is 31.0 Å². The Morgan fingerprint density at radius 3 is 2.85 bits per heavy atom. The first-order valence-electron chi connectivity index (χ1n) is 7.46. The van der Waals surface area contributed by atoms with Crippen molar-refractivity contribution in [2.45, 2.75) is 50.2 Å². The molecule has 3 N–H and O–H groups in total. The first-order valence-corrected chi connectivity index (χ1v) is 7.46. The van der Waals surface area contributed by atoms with Crippen LogP contribution >= 0.6 is 0 Å². The van der Waals surface area contributed by atoms with E-state index >= 15 is 0 Å². The van der Waals surface area contributed by atoms with Gasteiger partial charge >= 0.3 is 0 Å². The summed E-state index contributed by atoms with van der Waals surface area (Å²) >= 11 is 0. The quantitative estimate of drug-likeness (QED) is 0.888. The van der Waals surface area contributed by atoms with Gasteiger partial charge in [-0.05, 0) is 37.3 Å². The van der Waals surface area contributed by atoms with E-state index in [1.54, 1.807) is 0 Å². The van der Waals surface area contributed by atoms with E-state index in [9.17, 15) is 4.79 Å². The molecule has 1 atom stereocenters. The third-order valence-electron chi connectivity index (χ3n) is 4.41. The van der Waals surface area contributed by atoms with E-state index in [1.165, 1.54) is 18.4 Å². The van der Waals surface area contributed by atoms with Crippen molar-refractivity contribution in [1.82, 2.24) is 0 Å². The zero-order valence-electron chi connectivity index (χ0n) is 11.7. The van der Waals surface area contributed by atoms with Crippen molar-refractivity contribution in [3.05, 3.63) is 29.8 Å². The number of amides is 1. The number of aryl methyl sites for hydroxylation is 1. The first kappa shape index (κ1) is 13.6. The fraction of sp³-hybridized carbons (Fsp3) is 0.562. The van der Waals surface area contributed by atoms with Gasteiger partial charge in [0, 0.05) is 11.2 Å². The number of nitrogens with one attached hydrogen (secondary N) is 1. The van der Waals surface area contributed by atoms with Crippen molar-refractivity contribution < 1.29 is 9.53 Å². The molecule has 0 saturated heterocycles. The molecule has 1 amide bonds. The van der Waals surface area contributed by atoms with Crippen LogP contribution in [0.2, 0.25) is 0 Å². The van der Waals surface area contributed by atoms with Crippen LogP contribution in [0, 0.1) is 0 Å². The molecule has 1 fully saturated rings. The Morgan fingerprint density at radius 2 is 2.05 bits per heavy atom. The highest BCUT2D eigenvalue weighted by atomic mass is 16.5. The average molecular weight is 274 g/mol. The van der Waals surface area contributed by atoms with Crippen molar-refractivity contribution in [2.75, 3.05) is 11.9 Å². The highest BCUT2D eigenvalue weighted by Gasteiger charge is 2.32. The summed E-state index contributed by atoms with van der Waals surface area (Å²) in [5, 5.41) is 2.96. The zero-order chi connectivity index (χ0) is 14.0. The van der Waals surface area contributed by atoms with Crippen LogP contribution in [0.15, 0.2) is 24.3 Å². The third kappa shape index (κ3) is 2.86. The zero-order valence-corrected chi connectivity index (χ0v) is 11.7. The van der Waals surface area contributed by atoms with E-state index in [2.05, 4.69) is 11.4 Å². The van der Waals surface area contributed by atoms with E-state index in [-0.39, 0.29) is 17.6 Å². The molecular weight excluding hydrogens is 252 g/mol. The minimum atomic E-state index is -0.386. The lowest BCUT2D eigenvalue weighted by Crippen LogP contribution is -2.44. The number of carbonyl (C=O) groups excluding carboxylic acids is 1. The molecule has 20 heavy (non-hydrogen) atoms. The summed E-state index contributed by atoms with van der Waals surface area (Å²) in [5.41, 5.74) is 8.15. The molecule has 1 aromatic rings. The number of anilines is 1. The fourth-order valence-corrected chi connectivity index (χ4v) is 3.14. The Balaban J connectivity index is 1.63. The Morgan fingerprint density at radius 1 is 1.30 bits per heavy atom. The Labute approximate surface area is 119 Å². The molecule has 0 radical (unpaired) electrons. The normalized spacial score (nSPS) is 24.9. The SMILES string of the molecule is NC1(COC2CCc3ccccc3NC2=O)CCCC1. The maximum absolute atomic E-state index is 12.2. The molecule has 0 aromatic heterocycles. The van der Waals surface area contributed by atoms with Gasteiger partial charge in [-0.2, -0.15) is 0 Å². The lowest BCUT2D eigenvalue weighted by molar-refractivity contribution is -0.128. The lowest BCUT2D eigenvalue weighted by atomic mass is 10.0. The summed E-state index contributed by atoms with van der Waals surface area (Å²) in [7, 11) is 0. The molecule has 0 spiro atoms. The van der Waals surface area contributed by atoms with Gasteiger partial charge in [0.15, 0.2) is 0 Å². The van der Waals surface area contributed by atoms with Crippen LogP contribution in [0.5, 0.6) is 0 Å². The van der Waals surface area contributed by atoms with Gasteiger partial charge < -0.3 is 15.8 Å². The van der Waals surface area contributed by atoms with Crippen LogP contribution in [0.25, 0.3) is 0 Å². The summed E-state index contributed by atoms with van der Waals surface area (Å²) in [6.45, 7) is 0.488. The van der Waals surface area contributed by atoms with Crippen LogP contribution in [0.1, 0.15) is 37.7 Å². The topological polar surface area (TPSA) is 64.3 Å². The molecule has 4 heteroatoms. The van der Waals surface area contributed by atoms with Crippen LogP contribution < -0.4 is 11.1 Å². The molecule has 0 bridgehead atoms. The van der Waals surface area contributed by atoms with E-state index in [1.807, 2.05) is 18.2 Å². The Hall–Kier alpha value is -1.39. The predicted molar refractivity (Wildman–Crippen MR) is 78.5 cm³/mol. The summed E-state index contributed by atoms with van der Waals surface area (Å²) in [4.78, 5) is 12.2. The average Bonchev–Trinajstić information content (AvgIpc) is 2.80. The standard InChI is InChI=1S/C16H22N2O2/c17-16(9-3-4-10-16)11-20-14-8-7-12-5-1-2-6-13(12)18-15(14)19/h1-2,5-6,14H,3-4,7-11,17H2,(H,18,19). The smallest absolute Gasteiger partial charge is 0.253 e. The maximum atomic E-state index is 12.2. The monoisotopic (exact) mass is 274 g/mol.